The molecule has 1 aromatic heterocycles. The second-order valence-electron chi connectivity index (χ2n) is 10.8. The monoisotopic (exact) mass is 570 g/mol. The lowest BCUT2D eigenvalue weighted by Gasteiger charge is -2.19. The van der Waals surface area contributed by atoms with Crippen molar-refractivity contribution in [2.45, 2.75) is 50.0 Å². The minimum absolute atomic E-state index is 0.214. The number of hydrogen-bond acceptors (Lipinski definition) is 6. The summed E-state index contributed by atoms with van der Waals surface area (Å²) in [6, 6.07) is 23.0. The average Bonchev–Trinajstić information content (AvgIpc) is 3.22. The number of nitrogens with zero attached hydrogens (tertiary/aromatic N) is 1. The molecule has 1 amide bonds. The van der Waals surface area contributed by atoms with Crippen molar-refractivity contribution < 1.29 is 17.9 Å². The highest BCUT2D eigenvalue weighted by Gasteiger charge is 2.39. The van der Waals surface area contributed by atoms with Crippen LogP contribution in [-0.2, 0) is 21.9 Å². The molecule has 1 unspecified atom stereocenters. The van der Waals surface area contributed by atoms with Crippen molar-refractivity contribution in [3.05, 3.63) is 107 Å². The smallest absolute Gasteiger partial charge is 0.255 e. The van der Waals surface area contributed by atoms with Gasteiger partial charge in [0.1, 0.15) is 5.75 Å². The number of ether oxygens (including phenoxy) is 1. The molecule has 0 aliphatic heterocycles. The number of anilines is 3. The first kappa shape index (κ1) is 28.3. The molecule has 4 aromatic rings. The van der Waals surface area contributed by atoms with Crippen LogP contribution in [0.3, 0.4) is 0 Å². The quantitative estimate of drug-likeness (QED) is 0.216. The SMILES string of the molecule is CCc1ccc(S(=O)(=O)NC2CC(C)(C)c3ccc(Nc4ncccc4NC(=O)c4cccc(OC)c4)cc32)cc1. The van der Waals surface area contributed by atoms with Crippen molar-refractivity contribution in [1.82, 2.24) is 9.71 Å². The third kappa shape index (κ3) is 6.11. The molecule has 1 heterocycles. The first-order chi connectivity index (χ1) is 19.6. The molecule has 0 saturated carbocycles. The first-order valence-corrected chi connectivity index (χ1v) is 15.0. The number of carbonyl (C=O) groups excluding carboxylic acids is 1. The zero-order chi connectivity index (χ0) is 29.2. The highest BCUT2D eigenvalue weighted by molar-refractivity contribution is 7.89. The van der Waals surface area contributed by atoms with E-state index >= 15 is 0 Å². The van der Waals surface area contributed by atoms with Gasteiger partial charge in [-0.1, -0.05) is 45.0 Å². The molecule has 0 radical (unpaired) electrons. The maximum Gasteiger partial charge on any atom is 0.255 e. The zero-order valence-corrected chi connectivity index (χ0v) is 24.4. The molecule has 1 aliphatic carbocycles. The highest BCUT2D eigenvalue weighted by atomic mass is 32.2. The van der Waals surface area contributed by atoms with E-state index in [1.807, 2.05) is 37.3 Å². The van der Waals surface area contributed by atoms with Crippen molar-refractivity contribution in [2.24, 2.45) is 0 Å². The molecule has 9 heteroatoms. The van der Waals surface area contributed by atoms with E-state index in [9.17, 15) is 13.2 Å². The minimum atomic E-state index is -3.72. The van der Waals surface area contributed by atoms with Gasteiger partial charge in [0, 0.05) is 23.5 Å². The Balaban J connectivity index is 1.39. The summed E-state index contributed by atoms with van der Waals surface area (Å²) in [7, 11) is -2.17. The molecule has 5 rings (SSSR count). The van der Waals surface area contributed by atoms with Gasteiger partial charge in [-0.05, 0) is 89.5 Å². The first-order valence-electron chi connectivity index (χ1n) is 13.5. The van der Waals surface area contributed by atoms with Gasteiger partial charge in [0.25, 0.3) is 5.91 Å². The highest BCUT2D eigenvalue weighted by Crippen LogP contribution is 2.46. The molecule has 8 nitrogen and oxygen atoms in total. The lowest BCUT2D eigenvalue weighted by atomic mass is 9.86. The summed E-state index contributed by atoms with van der Waals surface area (Å²) >= 11 is 0. The van der Waals surface area contributed by atoms with Gasteiger partial charge >= 0.3 is 0 Å². The van der Waals surface area contributed by atoms with Gasteiger partial charge in [0.15, 0.2) is 5.82 Å². The predicted octanol–water partition coefficient (Wildman–Crippen LogP) is 6.35. The normalized spacial score (nSPS) is 15.7. The van der Waals surface area contributed by atoms with E-state index in [1.54, 1.807) is 61.8 Å². The van der Waals surface area contributed by atoms with Gasteiger partial charge in [-0.15, -0.1) is 0 Å². The number of pyridine rings is 1. The number of aromatic nitrogens is 1. The van der Waals surface area contributed by atoms with Gasteiger partial charge in [-0.25, -0.2) is 18.1 Å². The number of fused-ring (bicyclic) bond motifs is 1. The van der Waals surface area contributed by atoms with Crippen LogP contribution in [0.25, 0.3) is 0 Å². The Labute approximate surface area is 241 Å². The van der Waals surface area contributed by atoms with Gasteiger partial charge in [-0.2, -0.15) is 0 Å². The number of methoxy groups -OCH3 is 1. The topological polar surface area (TPSA) is 109 Å². The summed E-state index contributed by atoms with van der Waals surface area (Å²) in [6.45, 7) is 6.27. The molecule has 212 valence electrons. The van der Waals surface area contributed by atoms with Crippen LogP contribution in [0.5, 0.6) is 5.75 Å². The second-order valence-corrected chi connectivity index (χ2v) is 12.5. The standard InChI is InChI=1S/C32H34N4O4S/c1-5-21-11-14-25(15-12-21)41(38,39)36-29-20-32(2,3)27-16-13-23(19-26(27)29)34-30-28(10-7-17-33-30)35-31(37)22-8-6-9-24(18-22)40-4/h6-19,29,36H,5,20H2,1-4H3,(H,33,34)(H,35,37). The van der Waals surface area contributed by atoms with E-state index in [0.29, 0.717) is 29.2 Å². The van der Waals surface area contributed by atoms with Gasteiger partial charge in [0.2, 0.25) is 10.0 Å². The summed E-state index contributed by atoms with van der Waals surface area (Å²) in [5.74, 6) is 0.762. The van der Waals surface area contributed by atoms with E-state index < -0.39 is 16.1 Å². The van der Waals surface area contributed by atoms with E-state index in [2.05, 4.69) is 34.2 Å². The maximum atomic E-state index is 13.3. The number of amides is 1. The van der Waals surface area contributed by atoms with Crippen LogP contribution in [0.1, 0.15) is 60.3 Å². The van der Waals surface area contributed by atoms with Gasteiger partial charge in [-0.3, -0.25) is 4.79 Å². The number of hydrogen-bond donors (Lipinski definition) is 3. The number of sulfonamides is 1. The Morgan fingerprint density at radius 1 is 1.02 bits per heavy atom. The Morgan fingerprint density at radius 3 is 2.54 bits per heavy atom. The fraction of sp³-hybridized carbons (Fsp3) is 0.250. The van der Waals surface area contributed by atoms with Crippen molar-refractivity contribution in [2.75, 3.05) is 17.7 Å². The predicted molar refractivity (Wildman–Crippen MR) is 161 cm³/mol. The Bertz CT molecular complexity index is 1680. The van der Waals surface area contributed by atoms with Crippen molar-refractivity contribution in [1.29, 1.82) is 0 Å². The number of rotatable bonds is 9. The van der Waals surface area contributed by atoms with Crippen molar-refractivity contribution >= 4 is 33.1 Å². The van der Waals surface area contributed by atoms with Crippen LogP contribution in [0, 0.1) is 0 Å². The van der Waals surface area contributed by atoms with Crippen LogP contribution in [-0.4, -0.2) is 26.4 Å². The Hall–Kier alpha value is -4.21. The average molecular weight is 571 g/mol. The summed E-state index contributed by atoms with van der Waals surface area (Å²) in [5, 5.41) is 6.23. The summed E-state index contributed by atoms with van der Waals surface area (Å²) in [6.07, 6.45) is 3.11. The summed E-state index contributed by atoms with van der Waals surface area (Å²) in [5.41, 5.74) is 4.56. The van der Waals surface area contributed by atoms with Crippen molar-refractivity contribution in [3.8, 4) is 5.75 Å². The second kappa shape index (κ2) is 11.3. The molecule has 0 bridgehead atoms. The largest absolute Gasteiger partial charge is 0.497 e. The van der Waals surface area contributed by atoms with Crippen LogP contribution in [0.15, 0.2) is 90.0 Å². The molecular formula is C32H34N4O4S. The summed E-state index contributed by atoms with van der Waals surface area (Å²) < 4.78 is 34.8. The van der Waals surface area contributed by atoms with E-state index in [0.717, 1.165) is 28.8 Å². The number of carbonyl (C=O) groups is 1. The molecule has 0 saturated heterocycles. The lowest BCUT2D eigenvalue weighted by molar-refractivity contribution is 0.102. The Morgan fingerprint density at radius 2 is 1.80 bits per heavy atom. The zero-order valence-electron chi connectivity index (χ0n) is 23.6. The lowest BCUT2D eigenvalue weighted by Crippen LogP contribution is -2.28. The molecule has 41 heavy (non-hydrogen) atoms. The molecule has 3 N–H and O–H groups in total. The van der Waals surface area contributed by atoms with Gasteiger partial charge < -0.3 is 15.4 Å². The molecule has 1 atom stereocenters. The molecule has 0 spiro atoms. The molecule has 3 aromatic carbocycles. The van der Waals surface area contributed by atoms with Crippen molar-refractivity contribution in [3.63, 3.8) is 0 Å². The van der Waals surface area contributed by atoms with Crippen LogP contribution in [0.4, 0.5) is 17.2 Å². The Kier molecular flexibility index (Phi) is 7.84. The molecule has 1 aliphatic rings. The number of benzene rings is 3. The molecule has 0 fully saturated rings. The minimum Gasteiger partial charge on any atom is -0.497 e. The number of nitrogens with one attached hydrogen (secondary N) is 3. The van der Waals surface area contributed by atoms with E-state index in [1.165, 1.54) is 0 Å². The summed E-state index contributed by atoms with van der Waals surface area (Å²) in [4.78, 5) is 17.6. The third-order valence-corrected chi connectivity index (χ3v) is 8.95. The fourth-order valence-corrected chi connectivity index (χ4v) is 6.46. The number of aryl methyl sites for hydroxylation is 1. The van der Waals surface area contributed by atoms with Crippen LogP contribution >= 0.6 is 0 Å². The van der Waals surface area contributed by atoms with E-state index in [-0.39, 0.29) is 16.2 Å². The van der Waals surface area contributed by atoms with Gasteiger partial charge in [0.05, 0.1) is 17.7 Å². The third-order valence-electron chi connectivity index (χ3n) is 7.46. The van der Waals surface area contributed by atoms with E-state index in [4.69, 9.17) is 4.74 Å². The molecular weight excluding hydrogens is 536 g/mol. The maximum absolute atomic E-state index is 13.3. The van der Waals surface area contributed by atoms with Crippen LogP contribution < -0.4 is 20.1 Å². The van der Waals surface area contributed by atoms with Crippen LogP contribution in [0.2, 0.25) is 0 Å². The fourth-order valence-electron chi connectivity index (χ4n) is 5.24.